The van der Waals surface area contributed by atoms with Crippen molar-refractivity contribution in [2.75, 3.05) is 11.6 Å². The highest BCUT2D eigenvalue weighted by atomic mass is 32.2. The van der Waals surface area contributed by atoms with Crippen molar-refractivity contribution in [1.29, 1.82) is 4.78 Å². The SMILES string of the molecule is Cc1c(C(C)(F)F)nn(CC2(C)CCC(F)(F)CC2)c1C(=O)Nc1ccnc([S@](C)(=N)=O)c1. The van der Waals surface area contributed by atoms with Gasteiger partial charge < -0.3 is 5.32 Å². The minimum Gasteiger partial charge on any atom is -0.321 e. The molecular weight excluding hydrogens is 462 g/mol. The van der Waals surface area contributed by atoms with Gasteiger partial charge >= 0.3 is 0 Å². The van der Waals surface area contributed by atoms with Crippen LogP contribution in [0.3, 0.4) is 0 Å². The highest BCUT2D eigenvalue weighted by Crippen LogP contribution is 2.44. The van der Waals surface area contributed by atoms with E-state index >= 15 is 0 Å². The molecule has 1 aliphatic carbocycles. The summed E-state index contributed by atoms with van der Waals surface area (Å²) in [6, 6.07) is 2.70. The lowest BCUT2D eigenvalue weighted by Crippen LogP contribution is -2.35. The maximum atomic E-state index is 14.2. The third kappa shape index (κ3) is 5.71. The Kier molecular flexibility index (Phi) is 6.37. The number of nitrogens with zero attached hydrogens (tertiary/aromatic N) is 3. The maximum Gasteiger partial charge on any atom is 0.289 e. The predicted octanol–water partition coefficient (Wildman–Crippen LogP) is 5.20. The van der Waals surface area contributed by atoms with E-state index in [0.29, 0.717) is 6.92 Å². The first-order valence-electron chi connectivity index (χ1n) is 10.4. The van der Waals surface area contributed by atoms with Crippen molar-refractivity contribution >= 4 is 21.3 Å². The molecule has 2 heterocycles. The van der Waals surface area contributed by atoms with Crippen LogP contribution >= 0.6 is 0 Å². The van der Waals surface area contributed by atoms with Gasteiger partial charge in [-0.15, -0.1) is 0 Å². The number of pyridine rings is 1. The van der Waals surface area contributed by atoms with Crippen LogP contribution in [-0.2, 0) is 22.2 Å². The van der Waals surface area contributed by atoms with Crippen LogP contribution in [-0.4, -0.2) is 37.1 Å². The number of aromatic nitrogens is 3. The van der Waals surface area contributed by atoms with Crippen LogP contribution in [0.2, 0.25) is 0 Å². The van der Waals surface area contributed by atoms with Gasteiger partial charge in [-0.25, -0.2) is 22.8 Å². The molecule has 0 bridgehead atoms. The molecule has 1 amide bonds. The fourth-order valence-electron chi connectivity index (χ4n) is 4.00. The molecule has 0 saturated heterocycles. The van der Waals surface area contributed by atoms with Crippen molar-refractivity contribution in [2.45, 2.75) is 69.9 Å². The Labute approximate surface area is 189 Å². The molecule has 2 aromatic rings. The third-order valence-corrected chi connectivity index (χ3v) is 6.95. The van der Waals surface area contributed by atoms with Crippen molar-refractivity contribution in [1.82, 2.24) is 14.8 Å². The number of hydrogen-bond acceptors (Lipinski definition) is 5. The number of nitrogens with one attached hydrogen (secondary N) is 2. The summed E-state index contributed by atoms with van der Waals surface area (Å²) >= 11 is 0. The van der Waals surface area contributed by atoms with Crippen molar-refractivity contribution in [2.24, 2.45) is 5.41 Å². The minimum absolute atomic E-state index is 0.0150. The fourth-order valence-corrected chi connectivity index (χ4v) is 4.61. The molecule has 0 spiro atoms. The number of alkyl halides is 4. The molecule has 1 saturated carbocycles. The van der Waals surface area contributed by atoms with E-state index in [1.807, 2.05) is 0 Å². The lowest BCUT2D eigenvalue weighted by molar-refractivity contribution is -0.0673. The zero-order valence-corrected chi connectivity index (χ0v) is 19.7. The number of carbonyl (C=O) groups excluding carboxylic acids is 1. The van der Waals surface area contributed by atoms with E-state index in [2.05, 4.69) is 15.4 Å². The second-order valence-electron chi connectivity index (χ2n) is 9.22. The van der Waals surface area contributed by atoms with Crippen molar-refractivity contribution in [3.8, 4) is 0 Å². The van der Waals surface area contributed by atoms with E-state index < -0.39 is 38.6 Å². The Balaban J connectivity index is 1.97. The summed E-state index contributed by atoms with van der Waals surface area (Å²) in [6.45, 7) is 3.85. The molecular formula is C21H27F4N5O2S. The maximum absolute atomic E-state index is 14.2. The summed E-state index contributed by atoms with van der Waals surface area (Å²) in [4.78, 5) is 17.0. The molecule has 0 radical (unpaired) electrons. The Morgan fingerprint density at radius 1 is 1.30 bits per heavy atom. The second-order valence-corrected chi connectivity index (χ2v) is 11.3. The monoisotopic (exact) mass is 489 g/mol. The van der Waals surface area contributed by atoms with E-state index in [-0.39, 0.29) is 54.2 Å². The van der Waals surface area contributed by atoms with Gasteiger partial charge in [-0.2, -0.15) is 13.9 Å². The fraction of sp³-hybridized carbons (Fsp3) is 0.571. The van der Waals surface area contributed by atoms with Crippen LogP contribution in [0.1, 0.15) is 61.3 Å². The number of hydrogen-bond donors (Lipinski definition) is 2. The first-order chi connectivity index (χ1) is 15.0. The molecule has 1 fully saturated rings. The third-order valence-electron chi connectivity index (χ3n) is 5.93. The number of carbonyl (C=O) groups is 1. The summed E-state index contributed by atoms with van der Waals surface area (Å²) in [6.07, 6.45) is 2.17. The Hall–Kier alpha value is -2.50. The van der Waals surface area contributed by atoms with Crippen LogP contribution in [0.15, 0.2) is 23.4 Å². The van der Waals surface area contributed by atoms with E-state index in [1.165, 1.54) is 36.2 Å². The molecule has 2 aromatic heterocycles. The summed E-state index contributed by atoms with van der Waals surface area (Å²) < 4.78 is 76.5. The molecule has 3 rings (SSSR count). The average Bonchev–Trinajstić information content (AvgIpc) is 3.00. The van der Waals surface area contributed by atoms with Gasteiger partial charge in [0.05, 0.1) is 9.73 Å². The summed E-state index contributed by atoms with van der Waals surface area (Å²) in [5, 5.41) is 6.53. The quantitative estimate of drug-likeness (QED) is 0.545. The normalized spacial score (nSPS) is 19.6. The van der Waals surface area contributed by atoms with Gasteiger partial charge in [0.1, 0.15) is 16.4 Å². The molecule has 1 atom stereocenters. The van der Waals surface area contributed by atoms with Crippen molar-refractivity contribution < 1.29 is 26.6 Å². The van der Waals surface area contributed by atoms with Crippen LogP contribution in [0.4, 0.5) is 23.2 Å². The molecule has 0 aromatic carbocycles. The molecule has 33 heavy (non-hydrogen) atoms. The standard InChI is InChI=1S/C21H27F4N5O2S/c1-13-16(18(31)28-14-5-10-27-15(11-14)33(4,26)32)30(29-17(13)20(3,22)23)12-19(2)6-8-21(24,25)9-7-19/h5,10-11,26H,6-9,12H2,1-4H3,(H,27,28,31)/t33-/m1/s1. The Bertz CT molecular complexity index is 1160. The second kappa shape index (κ2) is 8.37. The number of halogens is 4. The summed E-state index contributed by atoms with van der Waals surface area (Å²) in [5.41, 5.74) is -1.13. The predicted molar refractivity (Wildman–Crippen MR) is 115 cm³/mol. The molecule has 182 valence electrons. The molecule has 0 unspecified atom stereocenters. The van der Waals surface area contributed by atoms with E-state index in [4.69, 9.17) is 4.78 Å². The van der Waals surface area contributed by atoms with Gasteiger partial charge in [-0.3, -0.25) is 9.48 Å². The van der Waals surface area contributed by atoms with Gasteiger partial charge in [-0.1, -0.05) is 6.92 Å². The first kappa shape index (κ1) is 25.1. The first-order valence-corrected chi connectivity index (χ1v) is 12.3. The van der Waals surface area contributed by atoms with Crippen molar-refractivity contribution in [3.05, 3.63) is 35.3 Å². The molecule has 2 N–H and O–H groups in total. The topological polar surface area (TPSA) is 101 Å². The number of amides is 1. The van der Waals surface area contributed by atoms with Crippen LogP contribution in [0, 0.1) is 17.1 Å². The molecule has 12 heteroatoms. The zero-order chi connectivity index (χ0) is 24.8. The van der Waals surface area contributed by atoms with Crippen LogP contribution < -0.4 is 5.32 Å². The van der Waals surface area contributed by atoms with Crippen molar-refractivity contribution in [3.63, 3.8) is 0 Å². The highest BCUT2D eigenvalue weighted by molar-refractivity contribution is 7.91. The highest BCUT2D eigenvalue weighted by Gasteiger charge is 2.42. The van der Waals surface area contributed by atoms with Crippen LogP contribution in [0.5, 0.6) is 0 Å². The summed E-state index contributed by atoms with van der Waals surface area (Å²) in [5.74, 6) is -6.80. The lowest BCUT2D eigenvalue weighted by Gasteiger charge is -2.37. The minimum atomic E-state index is -3.31. The van der Waals surface area contributed by atoms with Crippen LogP contribution in [0.25, 0.3) is 0 Å². The largest absolute Gasteiger partial charge is 0.321 e. The zero-order valence-electron chi connectivity index (χ0n) is 18.8. The lowest BCUT2D eigenvalue weighted by atomic mass is 9.74. The molecule has 1 aliphatic rings. The molecule has 0 aliphatic heterocycles. The summed E-state index contributed by atoms with van der Waals surface area (Å²) in [7, 11) is -3.13. The Morgan fingerprint density at radius 2 is 1.91 bits per heavy atom. The van der Waals surface area contributed by atoms with E-state index in [0.717, 1.165) is 0 Å². The van der Waals surface area contributed by atoms with Gasteiger partial charge in [0.25, 0.3) is 11.8 Å². The van der Waals surface area contributed by atoms with Gasteiger partial charge in [-0.05, 0) is 37.3 Å². The van der Waals surface area contributed by atoms with Gasteiger partial charge in [0.15, 0.2) is 0 Å². The van der Waals surface area contributed by atoms with E-state index in [9.17, 15) is 26.6 Å². The molecule has 7 nitrogen and oxygen atoms in total. The smallest absolute Gasteiger partial charge is 0.289 e. The van der Waals surface area contributed by atoms with Gasteiger partial charge in [0.2, 0.25) is 5.92 Å². The number of rotatable bonds is 6. The van der Waals surface area contributed by atoms with E-state index in [1.54, 1.807) is 6.92 Å². The number of anilines is 1. The van der Waals surface area contributed by atoms with Gasteiger partial charge in [0, 0.05) is 50.0 Å². The Morgan fingerprint density at radius 3 is 2.45 bits per heavy atom. The average molecular weight is 490 g/mol.